The second-order valence-electron chi connectivity index (χ2n) is 4.69. The van der Waals surface area contributed by atoms with Crippen LogP contribution in [0.25, 0.3) is 0 Å². The number of hydrogen-bond acceptors (Lipinski definition) is 5. The maximum atomic E-state index is 10.3. The second kappa shape index (κ2) is 5.46. The van der Waals surface area contributed by atoms with Gasteiger partial charge in [-0.3, -0.25) is 0 Å². The van der Waals surface area contributed by atoms with Gasteiger partial charge in [0.15, 0.2) is 0 Å². The molecule has 0 unspecified atom stereocenters. The number of nitrogens with two attached hydrogens (primary N) is 1. The first-order valence-electron chi connectivity index (χ1n) is 6.10. The molecule has 1 fully saturated rings. The average Bonchev–Trinajstić information content (AvgIpc) is 2.37. The van der Waals surface area contributed by atoms with Gasteiger partial charge in [-0.25, -0.2) is 0 Å². The molecule has 0 aliphatic carbocycles. The Balaban J connectivity index is 1.98. The first kappa shape index (κ1) is 13.0. The molecule has 5 nitrogen and oxygen atoms in total. The molecule has 0 atom stereocenters. The number of rotatable bonds is 4. The van der Waals surface area contributed by atoms with E-state index in [1.165, 1.54) is 0 Å². The van der Waals surface area contributed by atoms with Crippen LogP contribution in [-0.4, -0.2) is 37.6 Å². The second-order valence-corrected chi connectivity index (χ2v) is 4.69. The van der Waals surface area contributed by atoms with Gasteiger partial charge in [0.1, 0.15) is 5.75 Å². The van der Waals surface area contributed by atoms with E-state index in [2.05, 4.69) is 5.32 Å². The quantitative estimate of drug-likeness (QED) is 0.703. The minimum atomic E-state index is -0.698. The Hall–Kier alpha value is -1.46. The maximum Gasteiger partial charge on any atom is 0.122 e. The largest absolute Gasteiger partial charge is 0.497 e. The molecule has 1 heterocycles. The Labute approximate surface area is 107 Å². The van der Waals surface area contributed by atoms with Gasteiger partial charge in [-0.2, -0.15) is 0 Å². The molecule has 1 saturated heterocycles. The highest BCUT2D eigenvalue weighted by Crippen LogP contribution is 2.25. The van der Waals surface area contributed by atoms with Gasteiger partial charge < -0.3 is 25.6 Å². The summed E-state index contributed by atoms with van der Waals surface area (Å²) in [6, 6.07) is 5.44. The molecule has 0 saturated carbocycles. The highest BCUT2D eigenvalue weighted by molar-refractivity contribution is 5.59. The molecular weight excluding hydrogens is 232 g/mol. The number of ether oxygens (including phenoxy) is 2. The summed E-state index contributed by atoms with van der Waals surface area (Å²) in [5.74, 6) is 0.705. The Kier molecular flexibility index (Phi) is 3.93. The third-order valence-corrected chi connectivity index (χ3v) is 3.21. The molecule has 2 rings (SSSR count). The van der Waals surface area contributed by atoms with Crippen molar-refractivity contribution in [2.24, 2.45) is 0 Å². The third-order valence-electron chi connectivity index (χ3n) is 3.21. The van der Waals surface area contributed by atoms with Gasteiger partial charge in [-0.05, 0) is 6.07 Å². The van der Waals surface area contributed by atoms with Crippen molar-refractivity contribution in [3.63, 3.8) is 0 Å². The van der Waals surface area contributed by atoms with Crippen molar-refractivity contribution in [1.29, 1.82) is 0 Å². The van der Waals surface area contributed by atoms with Crippen LogP contribution in [0.2, 0.25) is 0 Å². The summed E-state index contributed by atoms with van der Waals surface area (Å²) in [5.41, 5.74) is 6.56. The molecule has 1 aliphatic rings. The highest BCUT2D eigenvalue weighted by Gasteiger charge is 2.29. The van der Waals surface area contributed by atoms with Gasteiger partial charge in [0.25, 0.3) is 0 Å². The Morgan fingerprint density at radius 3 is 2.78 bits per heavy atom. The van der Waals surface area contributed by atoms with Crippen LogP contribution in [0.5, 0.6) is 5.75 Å². The molecule has 4 N–H and O–H groups in total. The fraction of sp³-hybridized carbons (Fsp3) is 0.538. The predicted molar refractivity (Wildman–Crippen MR) is 70.9 cm³/mol. The Morgan fingerprint density at radius 1 is 1.39 bits per heavy atom. The fourth-order valence-electron chi connectivity index (χ4n) is 2.04. The molecule has 5 heteroatoms. The molecular formula is C13H20N2O3. The van der Waals surface area contributed by atoms with Gasteiger partial charge in [-0.1, -0.05) is 0 Å². The normalized spacial score (nSPS) is 18.3. The molecule has 1 aromatic carbocycles. The molecule has 0 radical (unpaired) electrons. The zero-order valence-electron chi connectivity index (χ0n) is 10.6. The first-order valence-corrected chi connectivity index (χ1v) is 6.10. The van der Waals surface area contributed by atoms with Crippen LogP contribution in [0.15, 0.2) is 18.2 Å². The van der Waals surface area contributed by atoms with Crippen molar-refractivity contribution < 1.29 is 14.6 Å². The van der Waals surface area contributed by atoms with E-state index in [1.807, 2.05) is 12.1 Å². The van der Waals surface area contributed by atoms with Gasteiger partial charge in [-0.15, -0.1) is 0 Å². The van der Waals surface area contributed by atoms with Crippen molar-refractivity contribution in [2.75, 3.05) is 37.9 Å². The fourth-order valence-corrected chi connectivity index (χ4v) is 2.04. The summed E-state index contributed by atoms with van der Waals surface area (Å²) in [7, 11) is 1.60. The van der Waals surface area contributed by atoms with E-state index < -0.39 is 5.60 Å². The topological polar surface area (TPSA) is 76.7 Å². The van der Waals surface area contributed by atoms with Crippen molar-refractivity contribution in [3.8, 4) is 5.75 Å². The van der Waals surface area contributed by atoms with E-state index in [-0.39, 0.29) is 0 Å². The van der Waals surface area contributed by atoms with Crippen molar-refractivity contribution >= 4 is 11.4 Å². The Bertz CT molecular complexity index is 403. The van der Waals surface area contributed by atoms with Crippen LogP contribution in [0, 0.1) is 0 Å². The van der Waals surface area contributed by atoms with Crippen LogP contribution < -0.4 is 15.8 Å². The lowest BCUT2D eigenvalue weighted by Crippen LogP contribution is -2.42. The lowest BCUT2D eigenvalue weighted by molar-refractivity contribution is -0.0543. The number of anilines is 2. The first-order chi connectivity index (χ1) is 8.61. The minimum Gasteiger partial charge on any atom is -0.497 e. The number of nitrogens with one attached hydrogen (secondary N) is 1. The van der Waals surface area contributed by atoms with E-state index in [1.54, 1.807) is 13.2 Å². The molecule has 18 heavy (non-hydrogen) atoms. The molecule has 1 aromatic rings. The van der Waals surface area contributed by atoms with Crippen molar-refractivity contribution in [3.05, 3.63) is 18.2 Å². The van der Waals surface area contributed by atoms with E-state index in [9.17, 15) is 5.11 Å². The van der Waals surface area contributed by atoms with E-state index in [0.29, 0.717) is 44.0 Å². The number of benzene rings is 1. The standard InChI is InChI=1S/C13H20N2O3/c1-17-12-7-10(14)6-11(8-12)15-9-13(16)2-4-18-5-3-13/h6-8,15-16H,2-5,9,14H2,1H3. The SMILES string of the molecule is COc1cc(N)cc(NCC2(O)CCOCC2)c1. The maximum absolute atomic E-state index is 10.3. The number of methoxy groups -OCH3 is 1. The zero-order chi connectivity index (χ0) is 13.0. The summed E-state index contributed by atoms with van der Waals surface area (Å²) in [6.45, 7) is 1.71. The number of nitrogen functional groups attached to an aromatic ring is 1. The average molecular weight is 252 g/mol. The predicted octanol–water partition coefficient (Wildman–Crippen LogP) is 1.23. The molecule has 0 spiro atoms. The monoisotopic (exact) mass is 252 g/mol. The highest BCUT2D eigenvalue weighted by atomic mass is 16.5. The van der Waals surface area contributed by atoms with Crippen LogP contribution in [-0.2, 0) is 4.74 Å². The van der Waals surface area contributed by atoms with Gasteiger partial charge in [0.2, 0.25) is 0 Å². The summed E-state index contributed by atoms with van der Waals surface area (Å²) >= 11 is 0. The van der Waals surface area contributed by atoms with Crippen LogP contribution >= 0.6 is 0 Å². The molecule has 0 bridgehead atoms. The van der Waals surface area contributed by atoms with Crippen molar-refractivity contribution in [1.82, 2.24) is 0 Å². The molecule has 100 valence electrons. The van der Waals surface area contributed by atoms with Gasteiger partial charge >= 0.3 is 0 Å². The van der Waals surface area contributed by atoms with E-state index >= 15 is 0 Å². The van der Waals surface area contributed by atoms with Crippen LogP contribution in [0.3, 0.4) is 0 Å². The van der Waals surface area contributed by atoms with Crippen LogP contribution in [0.4, 0.5) is 11.4 Å². The minimum absolute atomic E-state index is 0.489. The number of hydrogen-bond donors (Lipinski definition) is 3. The third kappa shape index (κ3) is 3.27. The van der Waals surface area contributed by atoms with Gasteiger partial charge in [0.05, 0.1) is 12.7 Å². The lowest BCUT2D eigenvalue weighted by Gasteiger charge is -2.32. The van der Waals surface area contributed by atoms with Crippen LogP contribution in [0.1, 0.15) is 12.8 Å². The smallest absolute Gasteiger partial charge is 0.122 e. The van der Waals surface area contributed by atoms with Gasteiger partial charge in [0, 0.05) is 56.1 Å². The molecule has 0 aromatic heterocycles. The summed E-state index contributed by atoms with van der Waals surface area (Å²) < 4.78 is 10.4. The van der Waals surface area contributed by atoms with E-state index in [0.717, 1.165) is 5.69 Å². The summed E-state index contributed by atoms with van der Waals surface area (Å²) in [5, 5.41) is 13.5. The summed E-state index contributed by atoms with van der Waals surface area (Å²) in [4.78, 5) is 0. The lowest BCUT2D eigenvalue weighted by atomic mass is 9.94. The molecule has 0 amide bonds. The number of aliphatic hydroxyl groups is 1. The summed E-state index contributed by atoms with van der Waals surface area (Å²) in [6.07, 6.45) is 1.30. The molecule has 1 aliphatic heterocycles. The van der Waals surface area contributed by atoms with E-state index in [4.69, 9.17) is 15.2 Å². The zero-order valence-corrected chi connectivity index (χ0v) is 10.6. The van der Waals surface area contributed by atoms with Crippen molar-refractivity contribution in [2.45, 2.75) is 18.4 Å². The Morgan fingerprint density at radius 2 is 2.11 bits per heavy atom.